The molecule has 0 aliphatic rings. The van der Waals surface area contributed by atoms with E-state index in [0.717, 1.165) is 5.56 Å². The lowest BCUT2D eigenvalue weighted by molar-refractivity contribution is 0.465. The second-order valence-corrected chi connectivity index (χ2v) is 3.89. The molecule has 0 spiro atoms. The Bertz CT molecular complexity index is 497. The molecule has 4 heteroatoms. The average molecular weight is 235 g/mol. The summed E-state index contributed by atoms with van der Waals surface area (Å²) in [5, 5.41) is 0.585. The first kappa shape index (κ1) is 10.8. The summed E-state index contributed by atoms with van der Waals surface area (Å²) in [6.45, 7) is 1.97. The van der Waals surface area contributed by atoms with E-state index >= 15 is 0 Å². The molecule has 0 saturated heterocycles. The van der Waals surface area contributed by atoms with E-state index < -0.39 is 0 Å². The number of anilines is 1. The third kappa shape index (κ3) is 2.44. The molecule has 1 heterocycles. The van der Waals surface area contributed by atoms with Crippen molar-refractivity contribution in [3.8, 4) is 11.6 Å². The molecule has 0 radical (unpaired) electrons. The van der Waals surface area contributed by atoms with Crippen LogP contribution in [0.3, 0.4) is 0 Å². The lowest BCUT2D eigenvalue weighted by Gasteiger charge is -2.07. The summed E-state index contributed by atoms with van der Waals surface area (Å²) in [5.74, 6) is 1.07. The molecule has 0 aliphatic carbocycles. The quantitative estimate of drug-likeness (QED) is 0.810. The zero-order valence-electron chi connectivity index (χ0n) is 8.77. The first-order valence-corrected chi connectivity index (χ1v) is 5.18. The minimum atomic E-state index is 0.495. The standard InChI is InChI=1S/C12H11ClN2O/c1-8-2-5-12(15-7-8)16-11-4-3-9(13)6-10(11)14/h2-7H,14H2,1H3. The Hall–Kier alpha value is -1.74. The van der Waals surface area contributed by atoms with Gasteiger partial charge in [0.2, 0.25) is 5.88 Å². The van der Waals surface area contributed by atoms with Gasteiger partial charge in [-0.05, 0) is 30.7 Å². The molecule has 0 saturated carbocycles. The number of benzene rings is 1. The van der Waals surface area contributed by atoms with Gasteiger partial charge in [0, 0.05) is 17.3 Å². The molecule has 16 heavy (non-hydrogen) atoms. The number of hydrogen-bond donors (Lipinski definition) is 1. The van der Waals surface area contributed by atoms with Gasteiger partial charge in [0.25, 0.3) is 0 Å². The second kappa shape index (κ2) is 4.41. The third-order valence-corrected chi connectivity index (χ3v) is 2.31. The lowest BCUT2D eigenvalue weighted by atomic mass is 10.3. The van der Waals surface area contributed by atoms with Gasteiger partial charge in [-0.3, -0.25) is 0 Å². The minimum Gasteiger partial charge on any atom is -0.437 e. The van der Waals surface area contributed by atoms with Crippen LogP contribution in [-0.2, 0) is 0 Å². The first-order valence-electron chi connectivity index (χ1n) is 4.81. The Morgan fingerprint density at radius 3 is 2.69 bits per heavy atom. The number of aromatic nitrogens is 1. The van der Waals surface area contributed by atoms with Crippen LogP contribution in [0.1, 0.15) is 5.56 Å². The summed E-state index contributed by atoms with van der Waals surface area (Å²) in [5.41, 5.74) is 7.34. The van der Waals surface area contributed by atoms with Crippen molar-refractivity contribution >= 4 is 17.3 Å². The monoisotopic (exact) mass is 234 g/mol. The van der Waals surface area contributed by atoms with Crippen molar-refractivity contribution in [2.24, 2.45) is 0 Å². The summed E-state index contributed by atoms with van der Waals surface area (Å²) in [7, 11) is 0. The Morgan fingerprint density at radius 2 is 2.06 bits per heavy atom. The Kier molecular flexibility index (Phi) is 2.97. The van der Waals surface area contributed by atoms with Crippen molar-refractivity contribution in [1.29, 1.82) is 0 Å². The Morgan fingerprint density at radius 1 is 1.25 bits per heavy atom. The molecule has 1 aromatic carbocycles. The molecule has 3 nitrogen and oxygen atoms in total. The molecule has 0 fully saturated rings. The number of pyridine rings is 1. The minimum absolute atomic E-state index is 0.495. The van der Waals surface area contributed by atoms with Gasteiger partial charge in [-0.1, -0.05) is 17.7 Å². The molecule has 2 aromatic rings. The van der Waals surface area contributed by atoms with E-state index in [9.17, 15) is 0 Å². The van der Waals surface area contributed by atoms with E-state index in [1.54, 1.807) is 30.5 Å². The maximum atomic E-state index is 5.79. The topological polar surface area (TPSA) is 48.1 Å². The summed E-state index contributed by atoms with van der Waals surface area (Å²) in [4.78, 5) is 4.13. The number of halogens is 1. The van der Waals surface area contributed by atoms with Gasteiger partial charge in [-0.15, -0.1) is 0 Å². The van der Waals surface area contributed by atoms with Crippen LogP contribution in [0.5, 0.6) is 11.6 Å². The first-order chi connectivity index (χ1) is 7.65. The third-order valence-electron chi connectivity index (χ3n) is 2.07. The highest BCUT2D eigenvalue weighted by molar-refractivity contribution is 6.30. The van der Waals surface area contributed by atoms with Crippen LogP contribution >= 0.6 is 11.6 Å². The summed E-state index contributed by atoms with van der Waals surface area (Å²) >= 11 is 5.79. The number of hydrogen-bond acceptors (Lipinski definition) is 3. The van der Waals surface area contributed by atoms with Crippen molar-refractivity contribution in [3.63, 3.8) is 0 Å². The molecule has 82 valence electrons. The van der Waals surface area contributed by atoms with Crippen LogP contribution < -0.4 is 10.5 Å². The summed E-state index contributed by atoms with van der Waals surface area (Å²) in [6, 6.07) is 8.81. The maximum Gasteiger partial charge on any atom is 0.219 e. The fraction of sp³-hybridized carbons (Fsp3) is 0.0833. The van der Waals surface area contributed by atoms with Crippen molar-refractivity contribution in [1.82, 2.24) is 4.98 Å². The van der Waals surface area contributed by atoms with Gasteiger partial charge >= 0.3 is 0 Å². The highest BCUT2D eigenvalue weighted by atomic mass is 35.5. The van der Waals surface area contributed by atoms with Gasteiger partial charge in [0.1, 0.15) is 0 Å². The van der Waals surface area contributed by atoms with E-state index in [2.05, 4.69) is 4.98 Å². The highest BCUT2D eigenvalue weighted by Crippen LogP contribution is 2.28. The molecule has 0 unspecified atom stereocenters. The van der Waals surface area contributed by atoms with Crippen molar-refractivity contribution < 1.29 is 4.74 Å². The van der Waals surface area contributed by atoms with Gasteiger partial charge in [-0.2, -0.15) is 0 Å². The molecule has 0 bridgehead atoms. The Labute approximate surface area is 98.8 Å². The van der Waals surface area contributed by atoms with Crippen molar-refractivity contribution in [2.45, 2.75) is 6.92 Å². The molecule has 0 amide bonds. The van der Waals surface area contributed by atoms with E-state index in [0.29, 0.717) is 22.3 Å². The van der Waals surface area contributed by atoms with Crippen LogP contribution in [-0.4, -0.2) is 4.98 Å². The van der Waals surface area contributed by atoms with Crippen molar-refractivity contribution in [2.75, 3.05) is 5.73 Å². The van der Waals surface area contributed by atoms with Gasteiger partial charge in [0.15, 0.2) is 5.75 Å². The van der Waals surface area contributed by atoms with E-state index in [1.807, 2.05) is 13.0 Å². The van der Waals surface area contributed by atoms with Crippen LogP contribution in [0.25, 0.3) is 0 Å². The van der Waals surface area contributed by atoms with Crippen LogP contribution in [0, 0.1) is 6.92 Å². The van der Waals surface area contributed by atoms with Crippen molar-refractivity contribution in [3.05, 3.63) is 47.1 Å². The maximum absolute atomic E-state index is 5.79. The van der Waals surface area contributed by atoms with Crippen LogP contribution in [0.2, 0.25) is 5.02 Å². The average Bonchev–Trinajstić information content (AvgIpc) is 2.25. The molecule has 2 rings (SSSR count). The molecule has 2 N–H and O–H groups in total. The molecule has 0 atom stereocenters. The fourth-order valence-corrected chi connectivity index (χ4v) is 1.42. The zero-order valence-corrected chi connectivity index (χ0v) is 9.53. The normalized spacial score (nSPS) is 10.1. The zero-order chi connectivity index (χ0) is 11.5. The second-order valence-electron chi connectivity index (χ2n) is 3.46. The van der Waals surface area contributed by atoms with Gasteiger partial charge < -0.3 is 10.5 Å². The molecular weight excluding hydrogens is 224 g/mol. The molecule has 0 aliphatic heterocycles. The fourth-order valence-electron chi connectivity index (χ4n) is 1.24. The number of aryl methyl sites for hydroxylation is 1. The predicted molar refractivity (Wildman–Crippen MR) is 64.9 cm³/mol. The highest BCUT2D eigenvalue weighted by Gasteiger charge is 2.03. The molecule has 1 aromatic heterocycles. The smallest absolute Gasteiger partial charge is 0.219 e. The summed E-state index contributed by atoms with van der Waals surface area (Å²) < 4.78 is 5.52. The van der Waals surface area contributed by atoms with Crippen LogP contribution in [0.15, 0.2) is 36.5 Å². The predicted octanol–water partition coefficient (Wildman–Crippen LogP) is 3.42. The van der Waals surface area contributed by atoms with Crippen LogP contribution in [0.4, 0.5) is 5.69 Å². The Balaban J connectivity index is 2.23. The van der Waals surface area contributed by atoms with Gasteiger partial charge in [-0.25, -0.2) is 4.98 Å². The number of nitrogens with zero attached hydrogens (tertiary/aromatic N) is 1. The number of nitrogen functional groups attached to an aromatic ring is 1. The largest absolute Gasteiger partial charge is 0.437 e. The van der Waals surface area contributed by atoms with E-state index in [-0.39, 0.29) is 0 Å². The lowest BCUT2D eigenvalue weighted by Crippen LogP contribution is -1.93. The summed E-state index contributed by atoms with van der Waals surface area (Å²) in [6.07, 6.45) is 1.74. The number of rotatable bonds is 2. The SMILES string of the molecule is Cc1ccc(Oc2ccc(Cl)cc2N)nc1. The van der Waals surface area contributed by atoms with E-state index in [4.69, 9.17) is 22.1 Å². The van der Waals surface area contributed by atoms with E-state index in [1.165, 1.54) is 0 Å². The number of nitrogens with two attached hydrogens (primary N) is 1. The molecular formula is C12H11ClN2O. The van der Waals surface area contributed by atoms with Gasteiger partial charge in [0.05, 0.1) is 5.69 Å². The number of ether oxygens (including phenoxy) is 1.